The van der Waals surface area contributed by atoms with E-state index in [2.05, 4.69) is 33.8 Å². The van der Waals surface area contributed by atoms with Gasteiger partial charge in [-0.15, -0.1) is 0 Å². The highest BCUT2D eigenvalue weighted by Crippen LogP contribution is 2.19. The van der Waals surface area contributed by atoms with Crippen molar-refractivity contribution in [1.82, 2.24) is 24.6 Å². The fourth-order valence-corrected chi connectivity index (χ4v) is 2.82. The average molecular weight is 315 g/mol. The van der Waals surface area contributed by atoms with Gasteiger partial charge in [0.2, 0.25) is 0 Å². The molecule has 0 radical (unpaired) electrons. The van der Waals surface area contributed by atoms with Crippen LogP contribution in [0.5, 0.6) is 0 Å². The summed E-state index contributed by atoms with van der Waals surface area (Å²) in [4.78, 5) is 4.48. The quantitative estimate of drug-likeness (QED) is 0.760. The van der Waals surface area contributed by atoms with Gasteiger partial charge in [0, 0.05) is 25.0 Å². The van der Waals surface area contributed by atoms with Crippen LogP contribution < -0.4 is 5.32 Å². The van der Waals surface area contributed by atoms with Crippen molar-refractivity contribution in [3.8, 4) is 0 Å². The molecule has 3 aromatic rings. The van der Waals surface area contributed by atoms with E-state index >= 15 is 0 Å². The minimum absolute atomic E-state index is 0.213. The van der Waals surface area contributed by atoms with Gasteiger partial charge in [0.15, 0.2) is 5.82 Å². The number of aryl methyl sites for hydroxylation is 1. The number of hydrogen-bond donors (Lipinski definition) is 1. The van der Waals surface area contributed by atoms with Crippen molar-refractivity contribution in [2.24, 2.45) is 0 Å². The van der Waals surface area contributed by atoms with Gasteiger partial charge in [-0.05, 0) is 39.0 Å². The first-order valence-electron chi connectivity index (χ1n) is 7.98. The monoisotopic (exact) mass is 315 g/mol. The third-order valence-electron chi connectivity index (χ3n) is 4.37. The number of nitrogens with one attached hydrogen (secondary N) is 1. The van der Waals surface area contributed by atoms with Gasteiger partial charge in [-0.1, -0.05) is 6.07 Å². The first-order chi connectivity index (χ1) is 11.1. The maximum atomic E-state index is 13.9. The van der Waals surface area contributed by atoms with E-state index in [1.807, 2.05) is 29.9 Å². The molecule has 2 atom stereocenters. The number of fused-ring (bicyclic) bond motifs is 1. The smallest absolute Gasteiger partial charge is 0.151 e. The number of nitrogens with zero attached hydrogens (tertiary/aromatic N) is 4. The molecule has 0 unspecified atom stereocenters. The van der Waals surface area contributed by atoms with Gasteiger partial charge in [0.05, 0.1) is 18.1 Å². The Labute approximate surface area is 135 Å². The molecule has 122 valence electrons. The maximum Gasteiger partial charge on any atom is 0.151 e. The lowest BCUT2D eigenvalue weighted by Crippen LogP contribution is -2.34. The summed E-state index contributed by atoms with van der Waals surface area (Å²) >= 11 is 0. The summed E-state index contributed by atoms with van der Waals surface area (Å²) in [5.74, 6) is 0.584. The van der Waals surface area contributed by atoms with Crippen LogP contribution in [0.3, 0.4) is 0 Å². The zero-order valence-corrected chi connectivity index (χ0v) is 13.7. The van der Waals surface area contributed by atoms with Crippen LogP contribution in [0.15, 0.2) is 36.7 Å². The van der Waals surface area contributed by atoms with E-state index in [4.69, 9.17) is 0 Å². The largest absolute Gasteiger partial charge is 0.327 e. The Morgan fingerprint density at radius 1 is 1.26 bits per heavy atom. The minimum Gasteiger partial charge on any atom is -0.327 e. The molecule has 5 nitrogen and oxygen atoms in total. The highest BCUT2D eigenvalue weighted by molar-refractivity contribution is 5.76. The lowest BCUT2D eigenvalue weighted by molar-refractivity contribution is 0.360. The Balaban J connectivity index is 1.78. The molecule has 0 bridgehead atoms. The Morgan fingerprint density at radius 2 is 2.09 bits per heavy atom. The lowest BCUT2D eigenvalue weighted by atomic mass is 10.2. The molecule has 0 spiro atoms. The van der Waals surface area contributed by atoms with Crippen molar-refractivity contribution in [1.29, 1.82) is 0 Å². The van der Waals surface area contributed by atoms with E-state index in [0.29, 0.717) is 12.1 Å². The molecule has 0 fully saturated rings. The normalized spacial score (nSPS) is 14.3. The van der Waals surface area contributed by atoms with Gasteiger partial charge in [0.25, 0.3) is 0 Å². The Bertz CT molecular complexity index is 778. The summed E-state index contributed by atoms with van der Waals surface area (Å²) < 4.78 is 17.9. The molecule has 0 saturated carbocycles. The second-order valence-corrected chi connectivity index (χ2v) is 5.78. The molecule has 1 aromatic carbocycles. The van der Waals surface area contributed by atoms with E-state index in [0.717, 1.165) is 17.9 Å². The van der Waals surface area contributed by atoms with Crippen molar-refractivity contribution in [2.45, 2.75) is 45.9 Å². The van der Waals surface area contributed by atoms with Crippen molar-refractivity contribution < 1.29 is 4.39 Å². The van der Waals surface area contributed by atoms with Gasteiger partial charge < -0.3 is 9.88 Å². The molecule has 3 rings (SSSR count). The van der Waals surface area contributed by atoms with Gasteiger partial charge in [-0.3, -0.25) is 4.68 Å². The molecule has 0 saturated heterocycles. The third kappa shape index (κ3) is 2.99. The fourth-order valence-electron chi connectivity index (χ4n) is 2.82. The molecule has 2 aromatic heterocycles. The topological polar surface area (TPSA) is 47.7 Å². The summed E-state index contributed by atoms with van der Waals surface area (Å²) in [7, 11) is 0. The van der Waals surface area contributed by atoms with Crippen LogP contribution in [-0.4, -0.2) is 25.4 Å². The highest BCUT2D eigenvalue weighted by Gasteiger charge is 2.16. The van der Waals surface area contributed by atoms with Crippen LogP contribution in [0.25, 0.3) is 11.0 Å². The number of rotatable bonds is 6. The van der Waals surface area contributed by atoms with Crippen molar-refractivity contribution in [2.75, 3.05) is 0 Å². The first-order valence-corrected chi connectivity index (χ1v) is 7.98. The fraction of sp³-hybridized carbons (Fsp3) is 0.412. The Hall–Kier alpha value is -2.21. The van der Waals surface area contributed by atoms with E-state index in [1.165, 1.54) is 6.07 Å². The molecular weight excluding hydrogens is 293 g/mol. The second kappa shape index (κ2) is 6.50. The minimum atomic E-state index is -0.270. The average Bonchev–Trinajstić information content (AvgIpc) is 3.19. The number of hydrogen-bond acceptors (Lipinski definition) is 3. The molecule has 2 heterocycles. The van der Waals surface area contributed by atoms with Gasteiger partial charge in [-0.25, -0.2) is 9.37 Å². The molecule has 23 heavy (non-hydrogen) atoms. The summed E-state index contributed by atoms with van der Waals surface area (Å²) in [6.45, 7) is 7.64. The second-order valence-electron chi connectivity index (χ2n) is 5.78. The van der Waals surface area contributed by atoms with Gasteiger partial charge >= 0.3 is 0 Å². The van der Waals surface area contributed by atoms with Crippen LogP contribution in [-0.2, 0) is 13.1 Å². The van der Waals surface area contributed by atoms with E-state index in [1.54, 1.807) is 12.3 Å². The molecule has 1 N–H and O–H groups in total. The van der Waals surface area contributed by atoms with E-state index in [9.17, 15) is 4.39 Å². The Kier molecular flexibility index (Phi) is 4.43. The van der Waals surface area contributed by atoms with Gasteiger partial charge in [-0.2, -0.15) is 5.10 Å². The van der Waals surface area contributed by atoms with Crippen molar-refractivity contribution in [3.05, 3.63) is 48.3 Å². The van der Waals surface area contributed by atoms with Crippen LogP contribution in [0.2, 0.25) is 0 Å². The molecule has 0 aliphatic carbocycles. The van der Waals surface area contributed by atoms with Crippen molar-refractivity contribution in [3.63, 3.8) is 0 Å². The lowest BCUT2D eigenvalue weighted by Gasteiger charge is -2.21. The van der Waals surface area contributed by atoms with Crippen LogP contribution in [0.4, 0.5) is 4.39 Å². The molecule has 0 aliphatic rings. The number of para-hydroxylation sites is 1. The molecule has 6 heteroatoms. The number of halogens is 1. The SMILES string of the molecule is CCn1c(CN[C@@H](C)[C@@H](C)n2cccn2)nc2c(F)cccc21. The predicted octanol–water partition coefficient (Wildman–Crippen LogP) is 3.13. The Morgan fingerprint density at radius 3 is 2.78 bits per heavy atom. The number of aromatic nitrogens is 4. The molecule has 0 amide bonds. The van der Waals surface area contributed by atoms with E-state index < -0.39 is 0 Å². The van der Waals surface area contributed by atoms with Crippen molar-refractivity contribution >= 4 is 11.0 Å². The molecular formula is C17H22FN5. The van der Waals surface area contributed by atoms with Crippen LogP contribution >= 0.6 is 0 Å². The summed E-state index contributed by atoms with van der Waals surface area (Å²) in [5, 5.41) is 7.75. The third-order valence-corrected chi connectivity index (χ3v) is 4.37. The summed E-state index contributed by atoms with van der Waals surface area (Å²) in [6.07, 6.45) is 3.74. The first kappa shape index (κ1) is 15.7. The highest BCUT2D eigenvalue weighted by atomic mass is 19.1. The zero-order valence-electron chi connectivity index (χ0n) is 13.7. The maximum absolute atomic E-state index is 13.9. The molecule has 0 aliphatic heterocycles. The van der Waals surface area contributed by atoms with Crippen LogP contribution in [0, 0.1) is 5.82 Å². The number of imidazole rings is 1. The van der Waals surface area contributed by atoms with E-state index in [-0.39, 0.29) is 17.9 Å². The van der Waals surface area contributed by atoms with Gasteiger partial charge in [0.1, 0.15) is 11.3 Å². The standard InChI is InChI=1S/C17H22FN5/c1-4-22-15-8-5-7-14(18)17(15)21-16(22)11-19-12(2)13(3)23-10-6-9-20-23/h5-10,12-13,19H,4,11H2,1-3H3/t12-,13+/m0/s1. The van der Waals surface area contributed by atoms with Crippen LogP contribution in [0.1, 0.15) is 32.6 Å². The summed E-state index contributed by atoms with van der Waals surface area (Å²) in [5.41, 5.74) is 1.29. The number of benzene rings is 1. The summed E-state index contributed by atoms with van der Waals surface area (Å²) in [6, 6.07) is 7.45. The zero-order chi connectivity index (χ0) is 16.4. The predicted molar refractivity (Wildman–Crippen MR) is 88.6 cm³/mol.